The summed E-state index contributed by atoms with van der Waals surface area (Å²) in [6.07, 6.45) is 0. The Hall–Kier alpha value is -3.44. The first-order valence-corrected chi connectivity index (χ1v) is 10.8. The van der Waals surface area contributed by atoms with Crippen LogP contribution >= 0.6 is 0 Å². The molecule has 0 aliphatic carbocycles. The molecule has 0 radical (unpaired) electrons. The van der Waals surface area contributed by atoms with Crippen molar-refractivity contribution < 1.29 is 14.3 Å². The Morgan fingerprint density at radius 2 is 1.62 bits per heavy atom. The van der Waals surface area contributed by atoms with Crippen molar-refractivity contribution in [2.75, 3.05) is 25.6 Å². The number of anilines is 1. The second kappa shape index (κ2) is 9.37. The highest BCUT2D eigenvalue weighted by Gasteiger charge is 2.43. The lowest BCUT2D eigenvalue weighted by Crippen LogP contribution is -2.47. The predicted octanol–water partition coefficient (Wildman–Crippen LogP) is 4.87. The maximum atomic E-state index is 13.8. The lowest BCUT2D eigenvalue weighted by molar-refractivity contribution is -0.119. The number of hydrogen-bond acceptors (Lipinski definition) is 3. The standard InChI is InChI=1S/C27H28N2O3/c1-18-15-19(2)17-21(16-18)28-26(30)24-22-11-7-8-12-23(22)27(31)29(13-14-32-3)25(24)20-9-5-4-6-10-20/h4-12,15-17,24-25H,13-14H2,1-3H3,(H,28,30)/t24-,25-/m0/s1. The van der Waals surface area contributed by atoms with Gasteiger partial charge in [-0.05, 0) is 54.3 Å². The van der Waals surface area contributed by atoms with Crippen LogP contribution in [0.3, 0.4) is 0 Å². The summed E-state index contributed by atoms with van der Waals surface area (Å²) < 4.78 is 5.29. The molecule has 3 aromatic rings. The van der Waals surface area contributed by atoms with Crippen LogP contribution in [0.1, 0.15) is 44.6 Å². The number of fused-ring (bicyclic) bond motifs is 1. The molecule has 3 aromatic carbocycles. The van der Waals surface area contributed by atoms with Gasteiger partial charge >= 0.3 is 0 Å². The fraction of sp³-hybridized carbons (Fsp3) is 0.259. The minimum Gasteiger partial charge on any atom is -0.383 e. The number of rotatable bonds is 6. The molecule has 1 aliphatic heterocycles. The van der Waals surface area contributed by atoms with E-state index in [1.54, 1.807) is 18.1 Å². The largest absolute Gasteiger partial charge is 0.383 e. The number of nitrogens with zero attached hydrogens (tertiary/aromatic N) is 1. The van der Waals surface area contributed by atoms with Gasteiger partial charge in [0.1, 0.15) is 0 Å². The van der Waals surface area contributed by atoms with Crippen LogP contribution in [0.4, 0.5) is 5.69 Å². The average molecular weight is 429 g/mol. The Balaban J connectivity index is 1.82. The first kappa shape index (κ1) is 21.8. The van der Waals surface area contributed by atoms with Gasteiger partial charge in [-0.2, -0.15) is 0 Å². The van der Waals surface area contributed by atoms with Crippen molar-refractivity contribution in [2.24, 2.45) is 0 Å². The number of carbonyl (C=O) groups excluding carboxylic acids is 2. The first-order valence-electron chi connectivity index (χ1n) is 10.8. The van der Waals surface area contributed by atoms with Gasteiger partial charge in [-0.25, -0.2) is 0 Å². The average Bonchev–Trinajstić information content (AvgIpc) is 2.78. The van der Waals surface area contributed by atoms with Crippen molar-refractivity contribution in [1.29, 1.82) is 0 Å². The van der Waals surface area contributed by atoms with E-state index in [2.05, 4.69) is 11.4 Å². The fourth-order valence-corrected chi connectivity index (χ4v) is 4.60. The molecule has 1 aliphatic rings. The molecule has 5 nitrogen and oxygen atoms in total. The molecule has 5 heteroatoms. The Bertz CT molecular complexity index is 1110. The highest BCUT2D eigenvalue weighted by molar-refractivity contribution is 6.04. The summed E-state index contributed by atoms with van der Waals surface area (Å²) in [5, 5.41) is 3.12. The van der Waals surface area contributed by atoms with Gasteiger partial charge in [0.2, 0.25) is 5.91 Å². The van der Waals surface area contributed by atoms with Crippen LogP contribution in [0.5, 0.6) is 0 Å². The maximum Gasteiger partial charge on any atom is 0.254 e. The number of benzene rings is 3. The van der Waals surface area contributed by atoms with Crippen molar-refractivity contribution in [2.45, 2.75) is 25.8 Å². The topological polar surface area (TPSA) is 58.6 Å². The normalized spacial score (nSPS) is 17.7. The highest BCUT2D eigenvalue weighted by Crippen LogP contribution is 2.43. The van der Waals surface area contributed by atoms with Crippen molar-refractivity contribution in [1.82, 2.24) is 4.90 Å². The number of nitrogens with one attached hydrogen (secondary N) is 1. The molecule has 32 heavy (non-hydrogen) atoms. The molecule has 0 unspecified atom stereocenters. The van der Waals surface area contributed by atoms with Crippen LogP contribution in [0.2, 0.25) is 0 Å². The van der Waals surface area contributed by atoms with Gasteiger partial charge in [-0.15, -0.1) is 0 Å². The monoisotopic (exact) mass is 428 g/mol. The SMILES string of the molecule is COCCN1C(=O)c2ccccc2[C@H](C(=O)Nc2cc(C)cc(C)c2)[C@@H]1c1ccccc1. The van der Waals surface area contributed by atoms with Gasteiger partial charge in [0.05, 0.1) is 18.6 Å². The van der Waals surface area contributed by atoms with E-state index in [1.165, 1.54) is 0 Å². The number of methoxy groups -OCH3 is 1. The van der Waals surface area contributed by atoms with Gasteiger partial charge in [-0.1, -0.05) is 54.6 Å². The van der Waals surface area contributed by atoms with E-state index in [0.29, 0.717) is 18.7 Å². The number of aryl methyl sites for hydroxylation is 2. The molecule has 4 rings (SSSR count). The lowest BCUT2D eigenvalue weighted by atomic mass is 9.79. The summed E-state index contributed by atoms with van der Waals surface area (Å²) in [5.41, 5.74) is 5.17. The smallest absolute Gasteiger partial charge is 0.254 e. The zero-order chi connectivity index (χ0) is 22.7. The van der Waals surface area contributed by atoms with E-state index >= 15 is 0 Å². The van der Waals surface area contributed by atoms with E-state index in [4.69, 9.17) is 4.74 Å². The molecule has 1 heterocycles. The molecule has 0 saturated heterocycles. The first-order chi connectivity index (χ1) is 15.5. The fourth-order valence-electron chi connectivity index (χ4n) is 4.60. The van der Waals surface area contributed by atoms with Crippen molar-refractivity contribution in [3.05, 3.63) is 101 Å². The Morgan fingerprint density at radius 1 is 0.969 bits per heavy atom. The third-order valence-electron chi connectivity index (χ3n) is 5.89. The van der Waals surface area contributed by atoms with Crippen LogP contribution in [-0.4, -0.2) is 37.0 Å². The summed E-state index contributed by atoms with van der Waals surface area (Å²) in [4.78, 5) is 29.0. The summed E-state index contributed by atoms with van der Waals surface area (Å²) in [7, 11) is 1.62. The molecule has 2 amide bonds. The molecule has 0 aromatic heterocycles. The molecule has 0 bridgehead atoms. The molecule has 164 valence electrons. The quantitative estimate of drug-likeness (QED) is 0.609. The van der Waals surface area contributed by atoms with Crippen molar-refractivity contribution in [3.63, 3.8) is 0 Å². The minimum atomic E-state index is -0.552. The molecule has 2 atom stereocenters. The number of hydrogen-bond donors (Lipinski definition) is 1. The number of ether oxygens (including phenoxy) is 1. The molecule has 0 fully saturated rings. The third kappa shape index (κ3) is 4.30. The summed E-state index contributed by atoms with van der Waals surface area (Å²) in [6.45, 7) is 4.81. The maximum absolute atomic E-state index is 13.8. The molecule has 0 spiro atoms. The van der Waals surface area contributed by atoms with E-state index in [-0.39, 0.29) is 11.8 Å². The molecule has 0 saturated carbocycles. The van der Waals surface area contributed by atoms with Crippen LogP contribution in [0.25, 0.3) is 0 Å². The molecular weight excluding hydrogens is 400 g/mol. The van der Waals surface area contributed by atoms with Crippen LogP contribution < -0.4 is 5.32 Å². The van der Waals surface area contributed by atoms with Gasteiger partial charge in [0, 0.05) is 24.9 Å². The van der Waals surface area contributed by atoms with E-state index < -0.39 is 12.0 Å². The van der Waals surface area contributed by atoms with Crippen molar-refractivity contribution >= 4 is 17.5 Å². The Morgan fingerprint density at radius 3 is 2.31 bits per heavy atom. The van der Waals surface area contributed by atoms with E-state index in [1.807, 2.05) is 74.5 Å². The summed E-state index contributed by atoms with van der Waals surface area (Å²) in [6, 6.07) is 22.7. The Kier molecular flexibility index (Phi) is 6.37. The third-order valence-corrected chi connectivity index (χ3v) is 5.89. The predicted molar refractivity (Wildman–Crippen MR) is 126 cm³/mol. The van der Waals surface area contributed by atoms with Crippen molar-refractivity contribution in [3.8, 4) is 0 Å². The summed E-state index contributed by atoms with van der Waals surface area (Å²) in [5.74, 6) is -0.767. The molecule has 1 N–H and O–H groups in total. The zero-order valence-corrected chi connectivity index (χ0v) is 18.7. The van der Waals surface area contributed by atoms with E-state index in [0.717, 1.165) is 27.9 Å². The lowest BCUT2D eigenvalue weighted by Gasteiger charge is -2.41. The van der Waals surface area contributed by atoms with Gasteiger partial charge in [0.25, 0.3) is 5.91 Å². The van der Waals surface area contributed by atoms with Gasteiger partial charge in [-0.3, -0.25) is 9.59 Å². The second-order valence-corrected chi connectivity index (χ2v) is 8.28. The Labute approximate surface area is 189 Å². The highest BCUT2D eigenvalue weighted by atomic mass is 16.5. The minimum absolute atomic E-state index is 0.0815. The zero-order valence-electron chi connectivity index (χ0n) is 18.7. The number of amides is 2. The van der Waals surface area contributed by atoms with Gasteiger partial charge in [0.15, 0.2) is 0 Å². The second-order valence-electron chi connectivity index (χ2n) is 8.28. The van der Waals surface area contributed by atoms with Crippen LogP contribution in [0, 0.1) is 13.8 Å². The van der Waals surface area contributed by atoms with Gasteiger partial charge < -0.3 is 15.0 Å². The summed E-state index contributed by atoms with van der Waals surface area (Å²) >= 11 is 0. The van der Waals surface area contributed by atoms with Crippen LogP contribution in [0.15, 0.2) is 72.8 Å². The molecular formula is C27H28N2O3. The van der Waals surface area contributed by atoms with E-state index in [9.17, 15) is 9.59 Å². The van der Waals surface area contributed by atoms with Crippen LogP contribution in [-0.2, 0) is 9.53 Å². The number of carbonyl (C=O) groups is 2.